The molecule has 0 aliphatic heterocycles. The molecule has 0 aliphatic rings. The van der Waals surface area contributed by atoms with Crippen molar-refractivity contribution in [2.45, 2.75) is 26.6 Å². The molecule has 0 atom stereocenters. The molecule has 2 rings (SSSR count). The molecule has 0 radical (unpaired) electrons. The topological polar surface area (TPSA) is 45.7 Å². The smallest absolute Gasteiger partial charge is 0.387 e. The Morgan fingerprint density at radius 3 is 2.33 bits per heavy atom. The molecule has 0 aromatic heterocycles. The summed E-state index contributed by atoms with van der Waals surface area (Å²) >= 11 is 0. The van der Waals surface area contributed by atoms with E-state index in [0.29, 0.717) is 19.0 Å². The van der Waals surface area contributed by atoms with Crippen molar-refractivity contribution < 1.29 is 13.5 Å². The van der Waals surface area contributed by atoms with E-state index >= 15 is 0 Å². The van der Waals surface area contributed by atoms with Crippen LogP contribution in [0.2, 0.25) is 0 Å². The first-order valence-corrected chi connectivity index (χ1v) is 7.60. The van der Waals surface area contributed by atoms with Crippen LogP contribution in [0.1, 0.15) is 16.7 Å². The number of nitrogens with one attached hydrogen (secondary N) is 2. The van der Waals surface area contributed by atoms with Gasteiger partial charge in [-0.15, -0.1) is 0 Å². The van der Waals surface area contributed by atoms with Crippen molar-refractivity contribution in [3.8, 4) is 5.75 Å². The SMILES string of the molecule is CN=C(NCc1ccc(C)cc1)NCc1cccc(OC(F)F)c1. The summed E-state index contributed by atoms with van der Waals surface area (Å²) in [4.78, 5) is 4.15. The number of guanidine groups is 1. The minimum atomic E-state index is -2.82. The Morgan fingerprint density at radius 2 is 1.71 bits per heavy atom. The fourth-order valence-electron chi connectivity index (χ4n) is 2.13. The molecular weight excluding hydrogens is 312 g/mol. The molecule has 128 valence electrons. The molecule has 2 aromatic rings. The molecule has 0 saturated heterocycles. The quantitative estimate of drug-likeness (QED) is 0.629. The van der Waals surface area contributed by atoms with Gasteiger partial charge in [0.1, 0.15) is 5.75 Å². The summed E-state index contributed by atoms with van der Waals surface area (Å²) in [5, 5.41) is 6.35. The zero-order valence-corrected chi connectivity index (χ0v) is 13.7. The molecule has 2 aromatic carbocycles. The monoisotopic (exact) mass is 333 g/mol. The van der Waals surface area contributed by atoms with Crippen LogP contribution in [0.3, 0.4) is 0 Å². The Morgan fingerprint density at radius 1 is 1.04 bits per heavy atom. The molecule has 0 unspecified atom stereocenters. The molecule has 0 fully saturated rings. The third kappa shape index (κ3) is 5.87. The number of ether oxygens (including phenoxy) is 1. The highest BCUT2D eigenvalue weighted by Gasteiger charge is 2.05. The lowest BCUT2D eigenvalue weighted by molar-refractivity contribution is -0.0498. The third-order valence-corrected chi connectivity index (χ3v) is 3.39. The number of halogens is 2. The largest absolute Gasteiger partial charge is 0.435 e. The van der Waals surface area contributed by atoms with Crippen LogP contribution in [0.15, 0.2) is 53.5 Å². The van der Waals surface area contributed by atoms with E-state index in [9.17, 15) is 8.78 Å². The Balaban J connectivity index is 1.86. The Bertz CT molecular complexity index is 672. The fraction of sp³-hybridized carbons (Fsp3) is 0.278. The summed E-state index contributed by atoms with van der Waals surface area (Å²) in [6.45, 7) is 0.323. The zero-order chi connectivity index (χ0) is 17.4. The van der Waals surface area contributed by atoms with Gasteiger partial charge in [0, 0.05) is 20.1 Å². The highest BCUT2D eigenvalue weighted by atomic mass is 19.3. The molecular formula is C18H21F2N3O. The van der Waals surface area contributed by atoms with Gasteiger partial charge in [-0.1, -0.05) is 42.0 Å². The third-order valence-electron chi connectivity index (χ3n) is 3.39. The van der Waals surface area contributed by atoms with Crippen molar-refractivity contribution in [1.82, 2.24) is 10.6 Å². The summed E-state index contributed by atoms with van der Waals surface area (Å²) in [6, 6.07) is 14.8. The fourth-order valence-corrected chi connectivity index (χ4v) is 2.13. The van der Waals surface area contributed by atoms with E-state index < -0.39 is 6.61 Å². The normalized spacial score (nSPS) is 11.5. The van der Waals surface area contributed by atoms with Crippen molar-refractivity contribution in [2.75, 3.05) is 7.05 Å². The predicted molar refractivity (Wildman–Crippen MR) is 91.3 cm³/mol. The first-order chi connectivity index (χ1) is 11.6. The van der Waals surface area contributed by atoms with E-state index in [1.165, 1.54) is 11.6 Å². The van der Waals surface area contributed by atoms with Gasteiger partial charge in [0.15, 0.2) is 5.96 Å². The lowest BCUT2D eigenvalue weighted by Gasteiger charge is -2.13. The van der Waals surface area contributed by atoms with Crippen LogP contribution in [0, 0.1) is 6.92 Å². The molecule has 0 spiro atoms. The highest BCUT2D eigenvalue weighted by molar-refractivity contribution is 5.79. The van der Waals surface area contributed by atoms with Gasteiger partial charge in [-0.25, -0.2) is 0 Å². The predicted octanol–water partition coefficient (Wildman–Crippen LogP) is 3.46. The van der Waals surface area contributed by atoms with Crippen molar-refractivity contribution in [2.24, 2.45) is 4.99 Å². The lowest BCUT2D eigenvalue weighted by Crippen LogP contribution is -2.36. The number of aliphatic imine (C=N–C) groups is 1. The Hall–Kier alpha value is -2.63. The first-order valence-electron chi connectivity index (χ1n) is 7.60. The summed E-state index contributed by atoms with van der Waals surface area (Å²) in [5.41, 5.74) is 3.19. The van der Waals surface area contributed by atoms with Crippen molar-refractivity contribution in [1.29, 1.82) is 0 Å². The van der Waals surface area contributed by atoms with Gasteiger partial charge in [0.25, 0.3) is 0 Å². The van der Waals surface area contributed by atoms with Crippen molar-refractivity contribution >= 4 is 5.96 Å². The van der Waals surface area contributed by atoms with E-state index in [1.807, 2.05) is 13.0 Å². The van der Waals surface area contributed by atoms with Crippen LogP contribution in [0.5, 0.6) is 5.75 Å². The average molecular weight is 333 g/mol. The zero-order valence-electron chi connectivity index (χ0n) is 13.7. The summed E-state index contributed by atoms with van der Waals surface area (Å²) < 4.78 is 28.9. The van der Waals surface area contributed by atoms with E-state index in [1.54, 1.807) is 19.2 Å². The number of aryl methyl sites for hydroxylation is 1. The van der Waals surface area contributed by atoms with Gasteiger partial charge in [-0.2, -0.15) is 8.78 Å². The molecule has 0 amide bonds. The van der Waals surface area contributed by atoms with Crippen LogP contribution in [0.25, 0.3) is 0 Å². The molecule has 2 N–H and O–H groups in total. The highest BCUT2D eigenvalue weighted by Crippen LogP contribution is 2.15. The van der Waals surface area contributed by atoms with Crippen LogP contribution in [-0.2, 0) is 13.1 Å². The minimum Gasteiger partial charge on any atom is -0.435 e. The first kappa shape index (κ1) is 17.7. The lowest BCUT2D eigenvalue weighted by atomic mass is 10.1. The molecule has 0 heterocycles. The van der Waals surface area contributed by atoms with Gasteiger partial charge < -0.3 is 15.4 Å². The molecule has 6 heteroatoms. The summed E-state index contributed by atoms with van der Waals surface area (Å²) in [6.07, 6.45) is 0. The number of benzene rings is 2. The maximum Gasteiger partial charge on any atom is 0.387 e. The molecule has 24 heavy (non-hydrogen) atoms. The maximum absolute atomic E-state index is 12.2. The van der Waals surface area contributed by atoms with Crippen molar-refractivity contribution in [3.05, 3.63) is 65.2 Å². The standard InChI is InChI=1S/C18H21F2N3O/c1-13-6-8-14(9-7-13)11-22-18(21-2)23-12-15-4-3-5-16(10-15)24-17(19)20/h3-10,17H,11-12H2,1-2H3,(H2,21,22,23). The van der Waals surface area contributed by atoms with Crippen LogP contribution < -0.4 is 15.4 Å². The molecule has 0 bridgehead atoms. The number of rotatable bonds is 6. The average Bonchev–Trinajstić information content (AvgIpc) is 2.56. The number of hydrogen-bond acceptors (Lipinski definition) is 2. The van der Waals surface area contributed by atoms with E-state index in [-0.39, 0.29) is 5.75 Å². The number of hydrogen-bond donors (Lipinski definition) is 2. The molecule has 0 saturated carbocycles. The van der Waals surface area contributed by atoms with Gasteiger partial charge in [-0.3, -0.25) is 4.99 Å². The summed E-state index contributed by atoms with van der Waals surface area (Å²) in [5.74, 6) is 0.780. The number of alkyl halides is 2. The second kappa shape index (κ2) is 8.86. The second-order valence-corrected chi connectivity index (χ2v) is 5.29. The minimum absolute atomic E-state index is 0.145. The van der Waals surface area contributed by atoms with Gasteiger partial charge in [0.05, 0.1) is 0 Å². The van der Waals surface area contributed by atoms with Crippen LogP contribution >= 0.6 is 0 Å². The van der Waals surface area contributed by atoms with E-state index in [4.69, 9.17) is 0 Å². The second-order valence-electron chi connectivity index (χ2n) is 5.29. The summed E-state index contributed by atoms with van der Waals surface area (Å²) in [7, 11) is 1.68. The maximum atomic E-state index is 12.2. The number of nitrogens with zero attached hydrogens (tertiary/aromatic N) is 1. The van der Waals surface area contributed by atoms with Gasteiger partial charge in [-0.05, 0) is 30.2 Å². The van der Waals surface area contributed by atoms with Crippen molar-refractivity contribution in [3.63, 3.8) is 0 Å². The van der Waals surface area contributed by atoms with Gasteiger partial charge >= 0.3 is 6.61 Å². The molecule has 0 aliphatic carbocycles. The Labute approximate surface area is 140 Å². The Kier molecular flexibility index (Phi) is 6.54. The van der Waals surface area contributed by atoms with Crippen LogP contribution in [-0.4, -0.2) is 19.6 Å². The molecule has 4 nitrogen and oxygen atoms in total. The van der Waals surface area contributed by atoms with Crippen LogP contribution in [0.4, 0.5) is 8.78 Å². The van der Waals surface area contributed by atoms with E-state index in [2.05, 4.69) is 44.6 Å². The van der Waals surface area contributed by atoms with Gasteiger partial charge in [0.2, 0.25) is 0 Å². The van der Waals surface area contributed by atoms with E-state index in [0.717, 1.165) is 11.1 Å².